The molecule has 0 bridgehead atoms. The molecule has 0 aliphatic carbocycles. The van der Waals surface area contributed by atoms with Gasteiger partial charge in [0.2, 0.25) is 0 Å². The molecular formula is C31H29N3. The molecule has 2 aromatic heterocycles. The van der Waals surface area contributed by atoms with Crippen molar-refractivity contribution in [3.05, 3.63) is 131 Å². The van der Waals surface area contributed by atoms with E-state index in [9.17, 15) is 0 Å². The summed E-state index contributed by atoms with van der Waals surface area (Å²) in [6, 6.07) is 32.6. The minimum Gasteiger partial charge on any atom is -0.351 e. The van der Waals surface area contributed by atoms with Gasteiger partial charge in [0.15, 0.2) is 0 Å². The number of anilines is 1. The molecule has 0 fully saturated rings. The van der Waals surface area contributed by atoms with Gasteiger partial charge in [-0.25, -0.2) is 4.98 Å². The molecule has 0 N–H and O–H groups in total. The number of nitrogens with zero attached hydrogens (tertiary/aromatic N) is 3. The molecule has 1 aliphatic heterocycles. The molecule has 3 heterocycles. The first-order valence-corrected chi connectivity index (χ1v) is 12.1. The predicted molar refractivity (Wildman–Crippen MR) is 140 cm³/mol. The van der Waals surface area contributed by atoms with Crippen molar-refractivity contribution < 1.29 is 0 Å². The number of aromatic nitrogens is 2. The Bertz CT molecular complexity index is 1430. The Morgan fingerprint density at radius 1 is 0.765 bits per heavy atom. The van der Waals surface area contributed by atoms with Gasteiger partial charge in [-0.15, -0.1) is 0 Å². The summed E-state index contributed by atoms with van der Waals surface area (Å²) in [5.41, 5.74) is 9.53. The van der Waals surface area contributed by atoms with Crippen molar-refractivity contribution in [1.29, 1.82) is 0 Å². The molecule has 0 radical (unpaired) electrons. The Balaban J connectivity index is 1.50. The molecule has 3 aromatic carbocycles. The largest absolute Gasteiger partial charge is 0.351 e. The van der Waals surface area contributed by atoms with E-state index in [1.54, 1.807) is 0 Å². The van der Waals surface area contributed by atoms with Gasteiger partial charge in [0, 0.05) is 36.9 Å². The van der Waals surface area contributed by atoms with Crippen LogP contribution >= 0.6 is 0 Å². The molecule has 0 atom stereocenters. The minimum atomic E-state index is 0.865. The van der Waals surface area contributed by atoms with Crippen LogP contribution < -0.4 is 4.90 Å². The topological polar surface area (TPSA) is 21.1 Å². The van der Waals surface area contributed by atoms with Crippen LogP contribution in [0.2, 0.25) is 0 Å². The maximum atomic E-state index is 4.98. The van der Waals surface area contributed by atoms with Crippen LogP contribution in [0.25, 0.3) is 10.9 Å². The van der Waals surface area contributed by atoms with E-state index >= 15 is 0 Å². The number of hydrogen-bond acceptors (Lipinski definition) is 2. The lowest BCUT2D eigenvalue weighted by atomic mass is 9.98. The van der Waals surface area contributed by atoms with E-state index in [2.05, 4.69) is 107 Å². The first-order valence-electron chi connectivity index (χ1n) is 12.1. The summed E-state index contributed by atoms with van der Waals surface area (Å²) in [4.78, 5) is 7.46. The van der Waals surface area contributed by atoms with Crippen molar-refractivity contribution in [3.63, 3.8) is 0 Å². The third-order valence-electron chi connectivity index (χ3n) is 7.18. The first-order chi connectivity index (χ1) is 16.8. The van der Waals surface area contributed by atoms with Gasteiger partial charge in [0.05, 0.1) is 5.52 Å². The summed E-state index contributed by atoms with van der Waals surface area (Å²) in [6.07, 6.45) is 3.96. The molecule has 0 saturated heterocycles. The number of pyridine rings is 1. The van der Waals surface area contributed by atoms with Gasteiger partial charge in [-0.2, -0.15) is 0 Å². The summed E-state index contributed by atoms with van der Waals surface area (Å²) in [7, 11) is 0. The second kappa shape index (κ2) is 8.83. The van der Waals surface area contributed by atoms with E-state index in [-0.39, 0.29) is 0 Å². The van der Waals surface area contributed by atoms with Gasteiger partial charge in [0.25, 0.3) is 0 Å². The molecule has 0 amide bonds. The van der Waals surface area contributed by atoms with E-state index in [4.69, 9.17) is 4.98 Å². The number of hydrogen-bond donors (Lipinski definition) is 0. The summed E-state index contributed by atoms with van der Waals surface area (Å²) in [5, 5.41) is 1.30. The van der Waals surface area contributed by atoms with Crippen LogP contribution in [0.1, 0.15) is 33.5 Å². The van der Waals surface area contributed by atoms with Crippen LogP contribution in [0.4, 0.5) is 5.82 Å². The average Bonchev–Trinajstić information content (AvgIpc) is 3.15. The van der Waals surface area contributed by atoms with E-state index < -0.39 is 0 Å². The predicted octanol–water partition coefficient (Wildman–Crippen LogP) is 6.55. The Labute approximate surface area is 201 Å². The molecule has 0 spiro atoms. The molecule has 5 aromatic rings. The zero-order valence-electron chi connectivity index (χ0n) is 19.6. The van der Waals surface area contributed by atoms with E-state index in [1.807, 2.05) is 6.20 Å². The highest BCUT2D eigenvalue weighted by Crippen LogP contribution is 2.36. The molecule has 3 nitrogen and oxygen atoms in total. The van der Waals surface area contributed by atoms with Crippen LogP contribution in [0.15, 0.2) is 97.2 Å². The summed E-state index contributed by atoms with van der Waals surface area (Å²) in [6.45, 7) is 5.05. The third-order valence-corrected chi connectivity index (χ3v) is 7.18. The molecule has 0 saturated carbocycles. The minimum absolute atomic E-state index is 0.865. The summed E-state index contributed by atoms with van der Waals surface area (Å²) >= 11 is 0. The zero-order chi connectivity index (χ0) is 22.9. The fourth-order valence-electron chi connectivity index (χ4n) is 5.38. The summed E-state index contributed by atoms with van der Waals surface area (Å²) in [5.74, 6) is 1.12. The highest BCUT2D eigenvalue weighted by molar-refractivity contribution is 5.95. The van der Waals surface area contributed by atoms with Crippen molar-refractivity contribution in [3.8, 4) is 0 Å². The van der Waals surface area contributed by atoms with Crippen molar-refractivity contribution >= 4 is 16.7 Å². The SMILES string of the molecule is Cc1c(Cc2ccccc2)c2c(N3CCc4ccccc4C3)nccc2n1Cc1ccccc1. The standard InChI is InChI=1S/C31H29N3/c1-23-28(20-24-10-4-2-5-11-24)30-29(34(23)21-25-12-6-3-7-13-25)16-18-32-31(30)33-19-17-26-14-8-9-15-27(26)22-33/h2-16,18H,17,19-22H2,1H3. The fourth-order valence-corrected chi connectivity index (χ4v) is 5.38. The van der Waals surface area contributed by atoms with Crippen molar-refractivity contribution in [2.24, 2.45) is 0 Å². The van der Waals surface area contributed by atoms with Crippen LogP contribution in [-0.4, -0.2) is 16.1 Å². The van der Waals surface area contributed by atoms with Crippen LogP contribution in [-0.2, 0) is 25.9 Å². The van der Waals surface area contributed by atoms with Gasteiger partial charge in [-0.05, 0) is 53.6 Å². The zero-order valence-corrected chi connectivity index (χ0v) is 19.6. The lowest BCUT2D eigenvalue weighted by molar-refractivity contribution is 0.724. The Kier molecular flexibility index (Phi) is 5.38. The van der Waals surface area contributed by atoms with Crippen molar-refractivity contribution in [1.82, 2.24) is 9.55 Å². The van der Waals surface area contributed by atoms with Gasteiger partial charge in [-0.3, -0.25) is 0 Å². The average molecular weight is 444 g/mol. The second-order valence-electron chi connectivity index (χ2n) is 9.27. The highest BCUT2D eigenvalue weighted by Gasteiger charge is 2.24. The molecule has 1 aliphatic rings. The van der Waals surface area contributed by atoms with Crippen molar-refractivity contribution in [2.45, 2.75) is 32.9 Å². The van der Waals surface area contributed by atoms with Crippen LogP contribution in [0.5, 0.6) is 0 Å². The number of benzene rings is 3. The maximum absolute atomic E-state index is 4.98. The van der Waals surface area contributed by atoms with Crippen LogP contribution in [0, 0.1) is 6.92 Å². The maximum Gasteiger partial charge on any atom is 0.138 e. The third kappa shape index (κ3) is 3.77. The van der Waals surface area contributed by atoms with Gasteiger partial charge in [0.1, 0.15) is 5.82 Å². The molecular weight excluding hydrogens is 414 g/mol. The lowest BCUT2D eigenvalue weighted by Gasteiger charge is -2.30. The smallest absolute Gasteiger partial charge is 0.138 e. The molecule has 168 valence electrons. The Morgan fingerprint density at radius 3 is 2.21 bits per heavy atom. The quantitative estimate of drug-likeness (QED) is 0.307. The number of fused-ring (bicyclic) bond motifs is 2. The van der Waals surface area contributed by atoms with Crippen molar-refractivity contribution in [2.75, 3.05) is 11.4 Å². The van der Waals surface area contributed by atoms with E-state index in [1.165, 1.54) is 44.4 Å². The van der Waals surface area contributed by atoms with Crippen LogP contribution in [0.3, 0.4) is 0 Å². The Hall–Kier alpha value is -3.85. The Morgan fingerprint density at radius 2 is 1.44 bits per heavy atom. The van der Waals surface area contributed by atoms with E-state index in [0.29, 0.717) is 0 Å². The molecule has 0 unspecified atom stereocenters. The monoisotopic (exact) mass is 443 g/mol. The first kappa shape index (κ1) is 20.7. The molecule has 3 heteroatoms. The van der Waals surface area contributed by atoms with Gasteiger partial charge < -0.3 is 9.47 Å². The fraction of sp³-hybridized carbons (Fsp3) is 0.194. The molecule has 6 rings (SSSR count). The van der Waals surface area contributed by atoms with Gasteiger partial charge >= 0.3 is 0 Å². The van der Waals surface area contributed by atoms with Gasteiger partial charge in [-0.1, -0.05) is 84.9 Å². The number of rotatable bonds is 5. The highest BCUT2D eigenvalue weighted by atomic mass is 15.2. The second-order valence-corrected chi connectivity index (χ2v) is 9.27. The normalized spacial score (nSPS) is 13.3. The summed E-state index contributed by atoms with van der Waals surface area (Å²) < 4.78 is 2.48. The van der Waals surface area contributed by atoms with E-state index in [0.717, 1.165) is 38.3 Å². The lowest BCUT2D eigenvalue weighted by Crippen LogP contribution is -2.31. The molecule has 34 heavy (non-hydrogen) atoms.